The molecular weight excluding hydrogens is 569 g/mol. The Labute approximate surface area is 286 Å². The maximum Gasteiger partial charge on any atom is 0.0736 e. The number of nitrogens with zero attached hydrogens (tertiary/aromatic N) is 1. The number of nitrogens with two attached hydrogens (primary N) is 1. The molecule has 4 aromatic carbocycles. The fourth-order valence-electron chi connectivity index (χ4n) is 6.11. The highest BCUT2D eigenvalue weighted by Gasteiger charge is 2.11. The number of hydrogen-bond acceptors (Lipinski definition) is 2. The van der Waals surface area contributed by atoms with Crippen LogP contribution in [0.15, 0.2) is 115 Å². The van der Waals surface area contributed by atoms with E-state index in [-0.39, 0.29) is 6.04 Å². The van der Waals surface area contributed by atoms with E-state index in [2.05, 4.69) is 118 Å². The summed E-state index contributed by atoms with van der Waals surface area (Å²) in [5.41, 5.74) is 19.3. The Hall–Kier alpha value is -4.01. The molecule has 1 unspecified atom stereocenters. The minimum absolute atomic E-state index is 0.222. The van der Waals surface area contributed by atoms with E-state index in [9.17, 15) is 0 Å². The molecule has 5 rings (SSSR count). The molecule has 1 aromatic heterocycles. The van der Waals surface area contributed by atoms with E-state index in [1.54, 1.807) is 0 Å². The van der Waals surface area contributed by atoms with Crippen LogP contribution in [-0.4, -0.2) is 11.0 Å². The summed E-state index contributed by atoms with van der Waals surface area (Å²) < 4.78 is 0. The number of pyridine rings is 1. The Morgan fingerprint density at radius 3 is 1.83 bits per heavy atom. The van der Waals surface area contributed by atoms with Crippen molar-refractivity contribution >= 4 is 10.9 Å². The van der Waals surface area contributed by atoms with Gasteiger partial charge in [0.15, 0.2) is 0 Å². The van der Waals surface area contributed by atoms with Crippen molar-refractivity contribution in [1.82, 2.24) is 4.98 Å². The van der Waals surface area contributed by atoms with Crippen LogP contribution in [0.25, 0.3) is 10.9 Å². The maximum absolute atomic E-state index is 5.63. The van der Waals surface area contributed by atoms with Crippen molar-refractivity contribution < 1.29 is 0 Å². The summed E-state index contributed by atoms with van der Waals surface area (Å²) >= 11 is 0. The van der Waals surface area contributed by atoms with E-state index in [1.807, 2.05) is 33.0 Å². The second-order valence-electron chi connectivity index (χ2n) is 12.6. The van der Waals surface area contributed by atoms with Crippen LogP contribution in [0.5, 0.6) is 0 Å². The number of benzene rings is 4. The molecule has 2 nitrogen and oxygen atoms in total. The lowest BCUT2D eigenvalue weighted by molar-refractivity contribution is 0.675. The third-order valence-corrected chi connectivity index (χ3v) is 8.73. The average molecular weight is 627 g/mol. The Kier molecular flexibility index (Phi) is 16.2. The monoisotopic (exact) mass is 626 g/mol. The largest absolute Gasteiger partial charge is 0.324 e. The van der Waals surface area contributed by atoms with Crippen molar-refractivity contribution in [2.75, 3.05) is 0 Å². The molecule has 2 N–H and O–H groups in total. The lowest BCUT2D eigenvalue weighted by Gasteiger charge is -2.14. The molecule has 0 aliphatic carbocycles. The molecule has 248 valence electrons. The molecule has 5 aromatic rings. The minimum Gasteiger partial charge on any atom is -0.324 e. The highest BCUT2D eigenvalue weighted by Crippen LogP contribution is 2.25. The lowest BCUT2D eigenvalue weighted by Crippen LogP contribution is -2.19. The van der Waals surface area contributed by atoms with E-state index < -0.39 is 0 Å². The number of hydrogen-bond donors (Lipinski definition) is 1. The second kappa shape index (κ2) is 20.3. The van der Waals surface area contributed by atoms with Crippen molar-refractivity contribution in [2.45, 2.75) is 105 Å². The van der Waals surface area contributed by atoms with Crippen LogP contribution >= 0.6 is 0 Å². The van der Waals surface area contributed by atoms with Crippen LogP contribution in [0.2, 0.25) is 0 Å². The summed E-state index contributed by atoms with van der Waals surface area (Å²) in [5, 5.41) is 1.25. The zero-order valence-corrected chi connectivity index (χ0v) is 30.0. The SMILES string of the molecule is C=C(C)C(N)CCC.CC.Cc1cccc(CCc2ccccc2CCCc2c(CCc3cccc(C)c3)ccc3cccnc23)c1. The van der Waals surface area contributed by atoms with Crippen molar-refractivity contribution in [2.24, 2.45) is 5.73 Å². The van der Waals surface area contributed by atoms with E-state index in [0.29, 0.717) is 0 Å². The first kappa shape index (κ1) is 37.4. The molecule has 0 aliphatic rings. The van der Waals surface area contributed by atoms with Gasteiger partial charge >= 0.3 is 0 Å². The molecule has 47 heavy (non-hydrogen) atoms. The standard InChI is InChI=1S/C36H37N.C7H15N.C2H6/c1-27-9-5-11-29(25-27)18-20-32-14-4-3-13-31(32)15-7-17-35-33(21-19-30-12-6-10-28(2)26-30)22-23-34-16-8-24-37-36(34)35;1-4-5-7(8)6(2)3;1-2/h3-6,8-14,16,22-26H,7,15,17-21H2,1-2H3;7H,2,4-5,8H2,1,3H3;1-2H3. The van der Waals surface area contributed by atoms with E-state index in [4.69, 9.17) is 10.7 Å². The fourth-order valence-corrected chi connectivity index (χ4v) is 6.11. The first-order chi connectivity index (χ1) is 22.8. The minimum atomic E-state index is 0.222. The Balaban J connectivity index is 0.000000527. The number of rotatable bonds is 13. The number of aryl methyl sites for hydroxylation is 8. The van der Waals surface area contributed by atoms with Crippen molar-refractivity contribution in [1.29, 1.82) is 0 Å². The fraction of sp³-hybridized carbons (Fsp3) is 0.356. The van der Waals surface area contributed by atoms with Gasteiger partial charge in [0.05, 0.1) is 5.52 Å². The van der Waals surface area contributed by atoms with Gasteiger partial charge in [0.1, 0.15) is 0 Å². The van der Waals surface area contributed by atoms with Gasteiger partial charge in [-0.3, -0.25) is 4.98 Å². The summed E-state index contributed by atoms with van der Waals surface area (Å²) in [6, 6.07) is 35.9. The van der Waals surface area contributed by atoms with Gasteiger partial charge in [-0.25, -0.2) is 0 Å². The number of aromatic nitrogens is 1. The van der Waals surface area contributed by atoms with E-state index >= 15 is 0 Å². The summed E-state index contributed by atoms with van der Waals surface area (Å²) in [5.74, 6) is 0. The summed E-state index contributed by atoms with van der Waals surface area (Å²) in [6.07, 6.45) is 11.8. The third kappa shape index (κ3) is 12.3. The van der Waals surface area contributed by atoms with Crippen LogP contribution in [0.1, 0.15) is 91.5 Å². The highest BCUT2D eigenvalue weighted by molar-refractivity contribution is 5.82. The Morgan fingerprint density at radius 1 is 0.681 bits per heavy atom. The Morgan fingerprint density at radius 2 is 1.28 bits per heavy atom. The summed E-state index contributed by atoms with van der Waals surface area (Å²) in [6.45, 7) is 16.2. The molecule has 0 fully saturated rings. The van der Waals surface area contributed by atoms with Gasteiger partial charge in [-0.15, -0.1) is 0 Å². The van der Waals surface area contributed by atoms with Crippen LogP contribution in [0, 0.1) is 13.8 Å². The molecule has 2 heteroatoms. The van der Waals surface area contributed by atoms with Crippen LogP contribution in [-0.2, 0) is 38.5 Å². The van der Waals surface area contributed by atoms with Crippen molar-refractivity contribution in [3.63, 3.8) is 0 Å². The molecule has 0 bridgehead atoms. The third-order valence-electron chi connectivity index (χ3n) is 8.73. The first-order valence-electron chi connectivity index (χ1n) is 17.8. The highest BCUT2D eigenvalue weighted by atomic mass is 14.7. The van der Waals surface area contributed by atoms with Gasteiger partial charge in [-0.05, 0) is 112 Å². The van der Waals surface area contributed by atoms with Crippen LogP contribution in [0.4, 0.5) is 0 Å². The molecule has 0 aliphatic heterocycles. The second-order valence-corrected chi connectivity index (χ2v) is 12.6. The van der Waals surface area contributed by atoms with Gasteiger partial charge in [-0.1, -0.05) is 141 Å². The summed E-state index contributed by atoms with van der Waals surface area (Å²) in [7, 11) is 0. The summed E-state index contributed by atoms with van der Waals surface area (Å²) in [4.78, 5) is 4.82. The van der Waals surface area contributed by atoms with Gasteiger partial charge in [0.2, 0.25) is 0 Å². The van der Waals surface area contributed by atoms with Crippen LogP contribution < -0.4 is 5.73 Å². The molecule has 0 saturated heterocycles. The van der Waals surface area contributed by atoms with Gasteiger partial charge < -0.3 is 5.73 Å². The predicted molar refractivity (Wildman–Crippen MR) is 206 cm³/mol. The molecule has 0 radical (unpaired) electrons. The van der Waals surface area contributed by atoms with E-state index in [0.717, 1.165) is 63.4 Å². The van der Waals surface area contributed by atoms with E-state index in [1.165, 1.54) is 55.4 Å². The number of fused-ring (bicyclic) bond motifs is 1. The first-order valence-corrected chi connectivity index (χ1v) is 17.8. The lowest BCUT2D eigenvalue weighted by atomic mass is 9.91. The quantitative estimate of drug-likeness (QED) is 0.132. The van der Waals surface area contributed by atoms with Gasteiger partial charge in [0.25, 0.3) is 0 Å². The molecule has 1 heterocycles. The Bertz CT molecular complexity index is 1660. The van der Waals surface area contributed by atoms with Crippen molar-refractivity contribution in [3.05, 3.63) is 160 Å². The van der Waals surface area contributed by atoms with Crippen LogP contribution in [0.3, 0.4) is 0 Å². The predicted octanol–water partition coefficient (Wildman–Crippen LogP) is 11.3. The normalized spacial score (nSPS) is 11.2. The molecular formula is C45H58N2. The van der Waals surface area contributed by atoms with Gasteiger partial charge in [0, 0.05) is 17.6 Å². The zero-order valence-electron chi connectivity index (χ0n) is 30.0. The maximum atomic E-state index is 5.63. The zero-order chi connectivity index (χ0) is 34.0. The molecule has 1 atom stereocenters. The topological polar surface area (TPSA) is 38.9 Å². The average Bonchev–Trinajstić information content (AvgIpc) is 3.08. The molecule has 0 saturated carbocycles. The van der Waals surface area contributed by atoms with Crippen molar-refractivity contribution in [3.8, 4) is 0 Å². The molecule has 0 spiro atoms. The van der Waals surface area contributed by atoms with Gasteiger partial charge in [-0.2, -0.15) is 0 Å². The smallest absolute Gasteiger partial charge is 0.0736 e. The molecule has 0 amide bonds.